The average Bonchev–Trinajstić information content (AvgIpc) is 2.43. The first-order valence-corrected chi connectivity index (χ1v) is 6.09. The number of rotatable bonds is 2. The van der Waals surface area contributed by atoms with Crippen LogP contribution >= 0.6 is 0 Å². The van der Waals surface area contributed by atoms with E-state index in [4.69, 9.17) is 4.74 Å². The van der Waals surface area contributed by atoms with Gasteiger partial charge in [-0.05, 0) is 55.2 Å². The molecule has 3 heteroatoms. The van der Waals surface area contributed by atoms with Gasteiger partial charge in [-0.2, -0.15) is 5.26 Å². The van der Waals surface area contributed by atoms with Crippen LogP contribution in [0.4, 0.5) is 0 Å². The summed E-state index contributed by atoms with van der Waals surface area (Å²) in [4.78, 5) is 4.00. The molecule has 0 aliphatic carbocycles. The van der Waals surface area contributed by atoms with Crippen LogP contribution in [-0.2, 0) is 0 Å². The van der Waals surface area contributed by atoms with Crippen molar-refractivity contribution in [3.63, 3.8) is 0 Å². The van der Waals surface area contributed by atoms with Crippen molar-refractivity contribution in [1.82, 2.24) is 4.98 Å². The largest absolute Gasteiger partial charge is 0.496 e. The molecule has 3 nitrogen and oxygen atoms in total. The van der Waals surface area contributed by atoms with Gasteiger partial charge >= 0.3 is 0 Å². The molecular weight excluding hydrogens is 236 g/mol. The quantitative estimate of drug-likeness (QED) is 0.821. The van der Waals surface area contributed by atoms with Crippen LogP contribution in [0.1, 0.15) is 22.3 Å². The maximum atomic E-state index is 9.20. The number of nitriles is 1. The normalized spacial score (nSPS) is 10.1. The summed E-state index contributed by atoms with van der Waals surface area (Å²) in [6, 6.07) is 6.14. The summed E-state index contributed by atoms with van der Waals surface area (Å²) in [6.45, 7) is 6.11. The molecule has 1 aromatic carbocycles. The zero-order valence-corrected chi connectivity index (χ0v) is 11.6. The Morgan fingerprint density at radius 1 is 1.16 bits per heavy atom. The molecule has 19 heavy (non-hydrogen) atoms. The van der Waals surface area contributed by atoms with Gasteiger partial charge < -0.3 is 4.74 Å². The number of hydrogen-bond acceptors (Lipinski definition) is 3. The minimum absolute atomic E-state index is 0.592. The van der Waals surface area contributed by atoms with Crippen molar-refractivity contribution in [3.05, 3.63) is 46.8 Å². The van der Waals surface area contributed by atoms with E-state index in [9.17, 15) is 5.26 Å². The van der Waals surface area contributed by atoms with Crippen molar-refractivity contribution in [2.75, 3.05) is 7.11 Å². The van der Waals surface area contributed by atoms with E-state index in [1.165, 1.54) is 0 Å². The number of aryl methyl sites for hydroxylation is 1. The number of pyridine rings is 1. The summed E-state index contributed by atoms with van der Waals surface area (Å²) >= 11 is 0. The lowest BCUT2D eigenvalue weighted by molar-refractivity contribution is 0.408. The van der Waals surface area contributed by atoms with Crippen LogP contribution in [0, 0.1) is 32.1 Å². The minimum atomic E-state index is 0.592. The number of ether oxygens (including phenoxy) is 1. The van der Waals surface area contributed by atoms with Gasteiger partial charge in [-0.1, -0.05) is 0 Å². The van der Waals surface area contributed by atoms with Crippen molar-refractivity contribution in [2.24, 2.45) is 0 Å². The van der Waals surface area contributed by atoms with Crippen LogP contribution in [0.3, 0.4) is 0 Å². The number of aromatic nitrogens is 1. The molecule has 1 heterocycles. The number of methoxy groups -OCH3 is 1. The number of benzene rings is 1. The monoisotopic (exact) mass is 252 g/mol. The van der Waals surface area contributed by atoms with Crippen LogP contribution < -0.4 is 4.74 Å². The molecule has 0 spiro atoms. The van der Waals surface area contributed by atoms with E-state index in [2.05, 4.69) is 17.1 Å². The SMILES string of the molecule is COc1c(C)cc(-c2ccncc2C#N)c(C)c1C. The lowest BCUT2D eigenvalue weighted by atomic mass is 9.92. The molecule has 0 aliphatic heterocycles. The first-order chi connectivity index (χ1) is 9.10. The summed E-state index contributed by atoms with van der Waals surface area (Å²) in [5.41, 5.74) is 5.89. The van der Waals surface area contributed by atoms with E-state index in [-0.39, 0.29) is 0 Å². The predicted molar refractivity (Wildman–Crippen MR) is 75.2 cm³/mol. The first kappa shape index (κ1) is 13.1. The van der Waals surface area contributed by atoms with Crippen molar-refractivity contribution >= 4 is 0 Å². The van der Waals surface area contributed by atoms with Crippen LogP contribution in [0.2, 0.25) is 0 Å². The van der Waals surface area contributed by atoms with Gasteiger partial charge in [-0.3, -0.25) is 4.98 Å². The van der Waals surface area contributed by atoms with Gasteiger partial charge in [0.25, 0.3) is 0 Å². The predicted octanol–water partition coefficient (Wildman–Crippen LogP) is 3.55. The minimum Gasteiger partial charge on any atom is -0.496 e. The van der Waals surface area contributed by atoms with Crippen LogP contribution in [0.15, 0.2) is 24.5 Å². The highest BCUT2D eigenvalue weighted by molar-refractivity contribution is 5.75. The van der Waals surface area contributed by atoms with E-state index in [0.29, 0.717) is 5.56 Å². The van der Waals surface area contributed by atoms with Crippen molar-refractivity contribution in [1.29, 1.82) is 5.26 Å². The molecule has 96 valence electrons. The van der Waals surface area contributed by atoms with Gasteiger partial charge in [0.1, 0.15) is 11.8 Å². The lowest BCUT2D eigenvalue weighted by Gasteiger charge is -2.16. The second-order valence-electron chi connectivity index (χ2n) is 4.56. The average molecular weight is 252 g/mol. The molecule has 0 N–H and O–H groups in total. The van der Waals surface area contributed by atoms with Crippen molar-refractivity contribution in [2.45, 2.75) is 20.8 Å². The zero-order chi connectivity index (χ0) is 14.0. The van der Waals surface area contributed by atoms with E-state index in [1.807, 2.05) is 26.8 Å². The Morgan fingerprint density at radius 2 is 1.89 bits per heavy atom. The van der Waals surface area contributed by atoms with Gasteiger partial charge in [-0.15, -0.1) is 0 Å². The first-order valence-electron chi connectivity index (χ1n) is 6.09. The molecule has 0 unspecified atom stereocenters. The fraction of sp³-hybridized carbons (Fsp3) is 0.250. The maximum absolute atomic E-state index is 9.20. The molecular formula is C16H16N2O. The molecule has 2 rings (SSSR count). The number of hydrogen-bond donors (Lipinski definition) is 0. The third-order valence-electron chi connectivity index (χ3n) is 3.46. The fourth-order valence-corrected chi connectivity index (χ4v) is 2.37. The van der Waals surface area contributed by atoms with Gasteiger partial charge in [0.05, 0.1) is 12.7 Å². The molecule has 0 amide bonds. The summed E-state index contributed by atoms with van der Waals surface area (Å²) in [5, 5.41) is 9.20. The molecule has 0 saturated heterocycles. The highest BCUT2D eigenvalue weighted by Gasteiger charge is 2.14. The molecule has 0 fully saturated rings. The smallest absolute Gasteiger partial charge is 0.124 e. The Kier molecular flexibility index (Phi) is 3.52. The maximum Gasteiger partial charge on any atom is 0.124 e. The molecule has 0 saturated carbocycles. The third kappa shape index (κ3) is 2.17. The molecule has 0 radical (unpaired) electrons. The molecule has 0 bridgehead atoms. The Morgan fingerprint density at radius 3 is 2.53 bits per heavy atom. The molecule has 0 aliphatic rings. The zero-order valence-electron chi connectivity index (χ0n) is 11.6. The van der Waals surface area contributed by atoms with E-state index in [1.54, 1.807) is 19.5 Å². The Balaban J connectivity index is 2.74. The summed E-state index contributed by atoms with van der Waals surface area (Å²) in [5.74, 6) is 0.911. The summed E-state index contributed by atoms with van der Waals surface area (Å²) in [7, 11) is 1.68. The number of nitrogens with zero attached hydrogens (tertiary/aromatic N) is 2. The molecule has 0 atom stereocenters. The Bertz CT molecular complexity index is 669. The standard InChI is InChI=1S/C16H16N2O/c1-10-7-15(11(2)12(3)16(10)19-4)14-5-6-18-9-13(14)8-17/h5-7,9H,1-4H3. The highest BCUT2D eigenvalue weighted by atomic mass is 16.5. The van der Waals surface area contributed by atoms with Crippen molar-refractivity contribution < 1.29 is 4.74 Å². The van der Waals surface area contributed by atoms with Gasteiger partial charge in [0, 0.05) is 18.0 Å². The lowest BCUT2D eigenvalue weighted by Crippen LogP contribution is -1.97. The van der Waals surface area contributed by atoms with E-state index < -0.39 is 0 Å². The van der Waals surface area contributed by atoms with E-state index in [0.717, 1.165) is 33.6 Å². The Hall–Kier alpha value is -2.34. The highest BCUT2D eigenvalue weighted by Crippen LogP contribution is 2.35. The van der Waals surface area contributed by atoms with Crippen molar-refractivity contribution in [3.8, 4) is 22.9 Å². The molecule has 2 aromatic rings. The van der Waals surface area contributed by atoms with Gasteiger partial charge in [0.15, 0.2) is 0 Å². The topological polar surface area (TPSA) is 45.9 Å². The Labute approximate surface area is 113 Å². The van der Waals surface area contributed by atoms with Gasteiger partial charge in [-0.25, -0.2) is 0 Å². The second-order valence-corrected chi connectivity index (χ2v) is 4.56. The van der Waals surface area contributed by atoms with Crippen LogP contribution in [0.25, 0.3) is 11.1 Å². The van der Waals surface area contributed by atoms with Crippen LogP contribution in [-0.4, -0.2) is 12.1 Å². The van der Waals surface area contributed by atoms with E-state index >= 15 is 0 Å². The van der Waals surface area contributed by atoms with Crippen LogP contribution in [0.5, 0.6) is 5.75 Å². The molecule has 1 aromatic heterocycles. The summed E-state index contributed by atoms with van der Waals surface area (Å²) in [6.07, 6.45) is 3.31. The van der Waals surface area contributed by atoms with Gasteiger partial charge in [0.2, 0.25) is 0 Å². The summed E-state index contributed by atoms with van der Waals surface area (Å²) < 4.78 is 5.43. The third-order valence-corrected chi connectivity index (χ3v) is 3.46. The second kappa shape index (κ2) is 5.11. The fourth-order valence-electron chi connectivity index (χ4n) is 2.37.